The van der Waals surface area contributed by atoms with E-state index in [0.717, 1.165) is 30.5 Å². The molecular formula is C21H35NOSi. The third-order valence-electron chi connectivity index (χ3n) is 5.01. The number of unbranched alkanes of at least 4 members (excludes halogenated alkanes) is 1. The Labute approximate surface area is 150 Å². The second kappa shape index (κ2) is 9.82. The Morgan fingerprint density at radius 1 is 1.12 bits per heavy atom. The highest BCUT2D eigenvalue weighted by atomic mass is 28.4. The Balaban J connectivity index is 2.56. The van der Waals surface area contributed by atoms with Crippen molar-refractivity contribution in [3.8, 4) is 0 Å². The van der Waals surface area contributed by atoms with E-state index in [1.165, 1.54) is 0 Å². The maximum Gasteiger partial charge on any atom is 0.257 e. The van der Waals surface area contributed by atoms with Gasteiger partial charge in [-0.3, -0.25) is 4.98 Å². The van der Waals surface area contributed by atoms with Crippen LogP contribution in [-0.4, -0.2) is 13.3 Å². The Morgan fingerprint density at radius 2 is 1.75 bits per heavy atom. The molecule has 134 valence electrons. The fraction of sp³-hybridized carbons (Fsp3) is 0.571. The molecule has 2 nitrogen and oxygen atoms in total. The van der Waals surface area contributed by atoms with E-state index in [2.05, 4.69) is 65.2 Å². The molecule has 0 spiro atoms. The summed E-state index contributed by atoms with van der Waals surface area (Å²) in [5.74, 6) is 0. The van der Waals surface area contributed by atoms with Crippen molar-refractivity contribution in [3.05, 3.63) is 48.5 Å². The van der Waals surface area contributed by atoms with Gasteiger partial charge in [0.1, 0.15) is 0 Å². The van der Waals surface area contributed by atoms with Crippen LogP contribution in [0, 0.1) is 0 Å². The Kier molecular flexibility index (Phi) is 8.47. The quantitative estimate of drug-likeness (QED) is 0.266. The molecule has 0 aliphatic heterocycles. The molecule has 0 saturated heterocycles. The molecule has 0 saturated carbocycles. The third kappa shape index (κ3) is 5.07. The molecule has 0 radical (unpaired) electrons. The number of nitrogens with zero attached hydrogens (tertiary/aromatic N) is 1. The van der Waals surface area contributed by atoms with Crippen molar-refractivity contribution >= 4 is 14.4 Å². The van der Waals surface area contributed by atoms with Crippen LogP contribution in [0.4, 0.5) is 0 Å². The van der Waals surface area contributed by atoms with Crippen molar-refractivity contribution < 1.29 is 4.43 Å². The minimum atomic E-state index is -1.78. The highest BCUT2D eigenvalue weighted by molar-refractivity contribution is 6.77. The molecule has 3 heteroatoms. The molecule has 0 atom stereocenters. The number of aryl methyl sites for hydroxylation is 1. The minimum absolute atomic E-state index is 0.616. The zero-order valence-electron chi connectivity index (χ0n) is 16.4. The number of hydrogen-bond acceptors (Lipinski definition) is 2. The lowest BCUT2D eigenvalue weighted by molar-refractivity contribution is 0.414. The second-order valence-corrected chi connectivity index (χ2v) is 12.8. The molecule has 0 bridgehead atoms. The number of allylic oxidation sites excluding steroid dienone is 1. The van der Waals surface area contributed by atoms with Crippen molar-refractivity contribution in [1.82, 2.24) is 4.98 Å². The van der Waals surface area contributed by atoms with Crippen LogP contribution in [0.25, 0.3) is 6.08 Å². The van der Waals surface area contributed by atoms with Crippen molar-refractivity contribution in [2.24, 2.45) is 0 Å². The van der Waals surface area contributed by atoms with Gasteiger partial charge in [-0.2, -0.15) is 0 Å². The average molecular weight is 346 g/mol. The second-order valence-electron chi connectivity index (χ2n) is 7.44. The van der Waals surface area contributed by atoms with Crippen LogP contribution in [0.2, 0.25) is 16.6 Å². The first kappa shape index (κ1) is 20.7. The van der Waals surface area contributed by atoms with E-state index in [-0.39, 0.29) is 0 Å². The molecule has 0 N–H and O–H groups in total. The molecule has 0 amide bonds. The highest BCUT2D eigenvalue weighted by Crippen LogP contribution is 2.42. The van der Waals surface area contributed by atoms with Crippen molar-refractivity contribution in [3.63, 3.8) is 0 Å². The summed E-state index contributed by atoms with van der Waals surface area (Å²) in [7, 11) is -1.78. The first-order chi connectivity index (χ1) is 11.4. The lowest BCUT2D eigenvalue weighted by Gasteiger charge is -2.41. The summed E-state index contributed by atoms with van der Waals surface area (Å²) in [5.41, 5.74) is 4.13. The van der Waals surface area contributed by atoms with Crippen LogP contribution in [0.5, 0.6) is 0 Å². The SMILES string of the molecule is C=Cc1cccnc1CCCC=CO[Si](C(C)C)(C(C)C)C(C)C. The lowest BCUT2D eigenvalue weighted by Crippen LogP contribution is -2.46. The smallest absolute Gasteiger partial charge is 0.257 e. The predicted molar refractivity (Wildman–Crippen MR) is 109 cm³/mol. The predicted octanol–water partition coefficient (Wildman–Crippen LogP) is 6.75. The van der Waals surface area contributed by atoms with Gasteiger partial charge in [-0.15, -0.1) is 0 Å². The van der Waals surface area contributed by atoms with Gasteiger partial charge in [0, 0.05) is 11.9 Å². The average Bonchev–Trinajstić information content (AvgIpc) is 2.53. The number of hydrogen-bond donors (Lipinski definition) is 0. The maximum absolute atomic E-state index is 6.44. The van der Waals surface area contributed by atoms with Gasteiger partial charge in [-0.25, -0.2) is 0 Å². The van der Waals surface area contributed by atoms with Gasteiger partial charge >= 0.3 is 0 Å². The molecular weight excluding hydrogens is 310 g/mol. The van der Waals surface area contributed by atoms with Crippen molar-refractivity contribution in [1.29, 1.82) is 0 Å². The standard InChI is InChI=1S/C21H35NOSi/c1-8-20-13-12-15-22-21(20)14-10-9-11-16-23-24(17(2)3,18(4)5)19(6)7/h8,11-13,15-19H,1,9-10,14H2,2-7H3. The summed E-state index contributed by atoms with van der Waals surface area (Å²) in [5, 5.41) is 0. The molecule has 1 rings (SSSR count). The van der Waals surface area contributed by atoms with E-state index in [9.17, 15) is 0 Å². The molecule has 0 unspecified atom stereocenters. The van der Waals surface area contributed by atoms with E-state index in [4.69, 9.17) is 4.43 Å². The summed E-state index contributed by atoms with van der Waals surface area (Å²) >= 11 is 0. The van der Waals surface area contributed by atoms with E-state index >= 15 is 0 Å². The zero-order valence-corrected chi connectivity index (χ0v) is 17.4. The highest BCUT2D eigenvalue weighted by Gasteiger charge is 2.46. The van der Waals surface area contributed by atoms with Crippen molar-refractivity contribution in [2.75, 3.05) is 0 Å². The van der Waals surface area contributed by atoms with Gasteiger partial charge in [0.15, 0.2) is 0 Å². The maximum atomic E-state index is 6.44. The summed E-state index contributed by atoms with van der Waals surface area (Å²) in [6, 6.07) is 4.03. The largest absolute Gasteiger partial charge is 0.548 e. The molecule has 24 heavy (non-hydrogen) atoms. The van der Waals surface area contributed by atoms with E-state index in [1.807, 2.05) is 24.6 Å². The first-order valence-corrected chi connectivity index (χ1v) is 11.4. The molecule has 1 heterocycles. The first-order valence-electron chi connectivity index (χ1n) is 9.25. The molecule has 0 aromatic carbocycles. The molecule has 1 aromatic rings. The van der Waals surface area contributed by atoms with Gasteiger partial charge in [0.25, 0.3) is 8.32 Å². The summed E-state index contributed by atoms with van der Waals surface area (Å²) in [4.78, 5) is 4.46. The van der Waals surface area contributed by atoms with Gasteiger partial charge in [-0.05, 0) is 47.5 Å². The third-order valence-corrected chi connectivity index (χ3v) is 11.0. The molecule has 0 aliphatic rings. The van der Waals surface area contributed by atoms with Crippen LogP contribution in [0.15, 0.2) is 37.2 Å². The minimum Gasteiger partial charge on any atom is -0.548 e. The summed E-state index contributed by atoms with van der Waals surface area (Å²) in [6.45, 7) is 17.8. The van der Waals surface area contributed by atoms with E-state index in [1.54, 1.807) is 0 Å². The summed E-state index contributed by atoms with van der Waals surface area (Å²) in [6.07, 6.45) is 11.0. The van der Waals surface area contributed by atoms with Gasteiger partial charge in [0.05, 0.1) is 6.26 Å². The molecule has 0 aliphatic carbocycles. The van der Waals surface area contributed by atoms with Gasteiger partial charge < -0.3 is 4.43 Å². The van der Waals surface area contributed by atoms with Crippen LogP contribution in [0.3, 0.4) is 0 Å². The summed E-state index contributed by atoms with van der Waals surface area (Å²) < 4.78 is 6.44. The molecule has 0 fully saturated rings. The van der Waals surface area contributed by atoms with Crippen LogP contribution >= 0.6 is 0 Å². The van der Waals surface area contributed by atoms with Crippen LogP contribution in [0.1, 0.15) is 65.6 Å². The monoisotopic (exact) mass is 345 g/mol. The Morgan fingerprint density at radius 3 is 2.29 bits per heavy atom. The van der Waals surface area contributed by atoms with Gasteiger partial charge in [-0.1, -0.05) is 66.3 Å². The number of rotatable bonds is 10. The fourth-order valence-corrected chi connectivity index (χ4v) is 9.02. The van der Waals surface area contributed by atoms with Crippen molar-refractivity contribution in [2.45, 2.75) is 77.4 Å². The Bertz CT molecular complexity index is 513. The number of aromatic nitrogens is 1. The topological polar surface area (TPSA) is 22.1 Å². The fourth-order valence-electron chi connectivity index (χ4n) is 3.87. The number of pyridine rings is 1. The lowest BCUT2D eigenvalue weighted by atomic mass is 10.1. The normalized spacial score (nSPS) is 12.5. The molecule has 1 aromatic heterocycles. The van der Waals surface area contributed by atoms with Crippen LogP contribution in [-0.2, 0) is 10.8 Å². The van der Waals surface area contributed by atoms with Crippen LogP contribution < -0.4 is 0 Å². The zero-order chi connectivity index (χ0) is 18.2. The van der Waals surface area contributed by atoms with Gasteiger partial charge in [0.2, 0.25) is 0 Å². The van der Waals surface area contributed by atoms with E-state index < -0.39 is 8.32 Å². The van der Waals surface area contributed by atoms with E-state index in [0.29, 0.717) is 16.6 Å². The Hall–Kier alpha value is -1.35.